The number of benzene rings is 4. The van der Waals surface area contributed by atoms with Crippen molar-refractivity contribution >= 4 is 44.8 Å². The number of halogens is 1. The lowest BCUT2D eigenvalue weighted by molar-refractivity contribution is -0.114. The Bertz CT molecular complexity index is 1500. The Morgan fingerprint density at radius 1 is 0.784 bits per heavy atom. The molecule has 2 N–H and O–H groups in total. The van der Waals surface area contributed by atoms with Crippen LogP contribution in [0.25, 0.3) is 0 Å². The van der Waals surface area contributed by atoms with Gasteiger partial charge in [-0.1, -0.05) is 78.3 Å². The Morgan fingerprint density at radius 2 is 1.43 bits per heavy atom. The van der Waals surface area contributed by atoms with Crippen LogP contribution in [0.2, 0.25) is 5.02 Å². The maximum Gasteiger partial charge on any atom is 0.264 e. The molecule has 4 rings (SSSR count). The van der Waals surface area contributed by atoms with E-state index in [4.69, 9.17) is 11.6 Å². The van der Waals surface area contributed by atoms with E-state index in [9.17, 15) is 18.0 Å². The van der Waals surface area contributed by atoms with Gasteiger partial charge >= 0.3 is 0 Å². The Labute approximate surface area is 220 Å². The Kier molecular flexibility index (Phi) is 8.22. The molecule has 0 fully saturated rings. The van der Waals surface area contributed by atoms with Crippen molar-refractivity contribution in [2.24, 2.45) is 0 Å². The van der Waals surface area contributed by atoms with Crippen LogP contribution in [0.5, 0.6) is 0 Å². The second-order valence-corrected chi connectivity index (χ2v) is 10.4. The highest BCUT2D eigenvalue weighted by Crippen LogP contribution is 2.26. The predicted octanol–water partition coefficient (Wildman–Crippen LogP) is 5.10. The van der Waals surface area contributed by atoms with Crippen LogP contribution in [0.4, 0.5) is 11.4 Å². The number of hydrogen-bond donors (Lipinski definition) is 2. The monoisotopic (exact) mass is 533 g/mol. The lowest BCUT2D eigenvalue weighted by Gasteiger charge is -2.24. The van der Waals surface area contributed by atoms with Gasteiger partial charge in [-0.25, -0.2) is 8.42 Å². The molecule has 0 aliphatic rings. The summed E-state index contributed by atoms with van der Waals surface area (Å²) >= 11 is 6.11. The highest BCUT2D eigenvalue weighted by Gasteiger charge is 2.27. The van der Waals surface area contributed by atoms with Crippen LogP contribution in [0.1, 0.15) is 15.9 Å². The number of amides is 2. The van der Waals surface area contributed by atoms with E-state index < -0.39 is 22.5 Å². The zero-order valence-corrected chi connectivity index (χ0v) is 21.2. The van der Waals surface area contributed by atoms with E-state index in [0.717, 1.165) is 9.87 Å². The molecule has 4 aromatic rings. The number of nitrogens with one attached hydrogen (secondary N) is 2. The standard InChI is InChI=1S/C28H24ClN3O4S/c29-22-12-9-13-23(18-22)32(37(35,36)24-14-5-2-6-15-24)20-27(33)31-26-17-8-7-16-25(26)28(34)30-19-21-10-3-1-4-11-21/h1-18H,19-20H2,(H,30,34)(H,31,33). The normalized spacial score (nSPS) is 10.9. The van der Waals surface area contributed by atoms with E-state index in [0.29, 0.717) is 11.6 Å². The summed E-state index contributed by atoms with van der Waals surface area (Å²) in [4.78, 5) is 26.0. The summed E-state index contributed by atoms with van der Waals surface area (Å²) in [7, 11) is -4.09. The predicted molar refractivity (Wildman–Crippen MR) is 145 cm³/mol. The van der Waals surface area contributed by atoms with Gasteiger partial charge in [0, 0.05) is 11.6 Å². The van der Waals surface area contributed by atoms with Crippen molar-refractivity contribution in [1.29, 1.82) is 0 Å². The first-order valence-corrected chi connectivity index (χ1v) is 13.2. The second kappa shape index (κ2) is 11.7. The van der Waals surface area contributed by atoms with Crippen molar-refractivity contribution in [3.05, 3.63) is 125 Å². The summed E-state index contributed by atoms with van der Waals surface area (Å²) in [6, 6.07) is 30.1. The van der Waals surface area contributed by atoms with Gasteiger partial charge in [-0.05, 0) is 48.0 Å². The molecule has 4 aromatic carbocycles. The molecule has 0 saturated carbocycles. The van der Waals surface area contributed by atoms with Gasteiger partial charge in [-0.15, -0.1) is 0 Å². The first-order chi connectivity index (χ1) is 17.8. The average molecular weight is 534 g/mol. The molecule has 0 spiro atoms. The molecule has 2 amide bonds. The molecule has 0 radical (unpaired) electrons. The second-order valence-electron chi connectivity index (χ2n) is 8.07. The van der Waals surface area contributed by atoms with Gasteiger partial charge in [0.15, 0.2) is 0 Å². The lowest BCUT2D eigenvalue weighted by atomic mass is 10.1. The fourth-order valence-corrected chi connectivity index (χ4v) is 5.27. The summed E-state index contributed by atoms with van der Waals surface area (Å²) in [6.45, 7) is -0.211. The highest BCUT2D eigenvalue weighted by molar-refractivity contribution is 7.92. The molecular formula is C28H24ClN3O4S. The minimum absolute atomic E-state index is 0.0310. The molecule has 0 aliphatic carbocycles. The third-order valence-corrected chi connectivity index (χ3v) is 7.48. The van der Waals surface area contributed by atoms with Gasteiger partial charge in [-0.2, -0.15) is 0 Å². The fourth-order valence-electron chi connectivity index (χ4n) is 3.65. The van der Waals surface area contributed by atoms with Crippen molar-refractivity contribution in [3.8, 4) is 0 Å². The van der Waals surface area contributed by atoms with Gasteiger partial charge in [-0.3, -0.25) is 13.9 Å². The zero-order valence-electron chi connectivity index (χ0n) is 19.7. The van der Waals surface area contributed by atoms with Crippen LogP contribution in [-0.2, 0) is 21.4 Å². The molecule has 0 aliphatic heterocycles. The smallest absolute Gasteiger partial charge is 0.264 e. The van der Waals surface area contributed by atoms with Gasteiger partial charge < -0.3 is 10.6 Å². The number of para-hydroxylation sites is 1. The highest BCUT2D eigenvalue weighted by atomic mass is 35.5. The quantitative estimate of drug-likeness (QED) is 0.313. The molecule has 188 valence electrons. The maximum absolute atomic E-state index is 13.5. The molecular weight excluding hydrogens is 510 g/mol. The SMILES string of the molecule is O=C(CN(c1cccc(Cl)c1)S(=O)(=O)c1ccccc1)Nc1ccccc1C(=O)NCc1ccccc1. The van der Waals surface area contributed by atoms with E-state index in [1.165, 1.54) is 18.2 Å². The van der Waals surface area contributed by atoms with E-state index in [1.54, 1.807) is 60.7 Å². The average Bonchev–Trinajstić information content (AvgIpc) is 2.91. The fraction of sp³-hybridized carbons (Fsp3) is 0.0714. The third kappa shape index (κ3) is 6.55. The van der Waals surface area contributed by atoms with Gasteiger partial charge in [0.05, 0.1) is 21.8 Å². The minimum Gasteiger partial charge on any atom is -0.348 e. The Morgan fingerprint density at radius 3 is 2.14 bits per heavy atom. The number of anilines is 2. The van der Waals surface area contributed by atoms with Crippen molar-refractivity contribution in [2.45, 2.75) is 11.4 Å². The van der Waals surface area contributed by atoms with Crippen molar-refractivity contribution < 1.29 is 18.0 Å². The Balaban J connectivity index is 1.56. The molecule has 7 nitrogen and oxygen atoms in total. The van der Waals surface area contributed by atoms with Crippen LogP contribution < -0.4 is 14.9 Å². The summed E-state index contributed by atoms with van der Waals surface area (Å²) in [5.74, 6) is -0.994. The zero-order chi connectivity index (χ0) is 26.3. The van der Waals surface area contributed by atoms with E-state index in [-0.39, 0.29) is 27.7 Å². The van der Waals surface area contributed by atoms with Crippen LogP contribution >= 0.6 is 11.6 Å². The first-order valence-electron chi connectivity index (χ1n) is 11.4. The van der Waals surface area contributed by atoms with E-state index in [2.05, 4.69) is 10.6 Å². The van der Waals surface area contributed by atoms with Crippen LogP contribution in [0, 0.1) is 0 Å². The molecule has 0 heterocycles. The van der Waals surface area contributed by atoms with Crippen molar-refractivity contribution in [3.63, 3.8) is 0 Å². The number of hydrogen-bond acceptors (Lipinski definition) is 4. The summed E-state index contributed by atoms with van der Waals surface area (Å²) < 4.78 is 27.9. The first kappa shape index (κ1) is 25.9. The summed E-state index contributed by atoms with van der Waals surface area (Å²) in [6.07, 6.45) is 0. The molecule has 0 saturated heterocycles. The molecule has 37 heavy (non-hydrogen) atoms. The van der Waals surface area contributed by atoms with Gasteiger partial charge in [0.1, 0.15) is 6.54 Å². The maximum atomic E-state index is 13.5. The Hall–Kier alpha value is -4.14. The largest absolute Gasteiger partial charge is 0.348 e. The summed E-state index contributed by atoms with van der Waals surface area (Å²) in [5, 5.41) is 5.85. The number of nitrogens with zero attached hydrogens (tertiary/aromatic N) is 1. The topological polar surface area (TPSA) is 95.6 Å². The van der Waals surface area contributed by atoms with Crippen molar-refractivity contribution in [1.82, 2.24) is 5.32 Å². The third-order valence-electron chi connectivity index (χ3n) is 5.46. The minimum atomic E-state index is -4.09. The number of carbonyl (C=O) groups is 2. The summed E-state index contributed by atoms with van der Waals surface area (Å²) in [5.41, 5.74) is 1.69. The van der Waals surface area contributed by atoms with Crippen molar-refractivity contribution in [2.75, 3.05) is 16.2 Å². The number of sulfonamides is 1. The van der Waals surface area contributed by atoms with Crippen LogP contribution in [-0.4, -0.2) is 26.8 Å². The van der Waals surface area contributed by atoms with Crippen LogP contribution in [0.3, 0.4) is 0 Å². The van der Waals surface area contributed by atoms with Crippen LogP contribution in [0.15, 0.2) is 114 Å². The molecule has 0 atom stereocenters. The van der Waals surface area contributed by atoms with E-state index in [1.807, 2.05) is 30.3 Å². The van der Waals surface area contributed by atoms with Gasteiger partial charge in [0.2, 0.25) is 5.91 Å². The molecule has 0 unspecified atom stereocenters. The number of rotatable bonds is 9. The molecule has 0 bridgehead atoms. The van der Waals surface area contributed by atoms with Gasteiger partial charge in [0.25, 0.3) is 15.9 Å². The van der Waals surface area contributed by atoms with E-state index >= 15 is 0 Å². The number of carbonyl (C=O) groups excluding carboxylic acids is 2. The lowest BCUT2D eigenvalue weighted by Crippen LogP contribution is -2.38. The molecule has 0 aromatic heterocycles. The molecule has 9 heteroatoms.